The Morgan fingerprint density at radius 3 is 2.73 bits per heavy atom. The molecule has 140 valence electrons. The molecule has 2 aromatic rings. The number of sulfonamides is 1. The fourth-order valence-corrected chi connectivity index (χ4v) is 4.81. The lowest BCUT2D eigenvalue weighted by atomic mass is 10.2. The third-order valence-electron chi connectivity index (χ3n) is 4.44. The molecule has 8 heteroatoms. The first-order valence-corrected chi connectivity index (χ1v) is 10.2. The van der Waals surface area contributed by atoms with E-state index in [1.54, 1.807) is 16.8 Å². The summed E-state index contributed by atoms with van der Waals surface area (Å²) in [5.74, 6) is -0.435. The summed E-state index contributed by atoms with van der Waals surface area (Å²) in [5, 5.41) is 0. The Morgan fingerprint density at radius 1 is 1.31 bits per heavy atom. The minimum absolute atomic E-state index is 0.0941. The van der Waals surface area contributed by atoms with E-state index >= 15 is 0 Å². The summed E-state index contributed by atoms with van der Waals surface area (Å²) in [6, 6.07) is 5.87. The Kier molecular flexibility index (Phi) is 5.73. The van der Waals surface area contributed by atoms with E-state index in [2.05, 4.69) is 4.98 Å². The molecule has 1 aliphatic rings. The Labute approximate surface area is 153 Å². The van der Waals surface area contributed by atoms with Gasteiger partial charge in [0.25, 0.3) is 0 Å². The van der Waals surface area contributed by atoms with E-state index in [9.17, 15) is 13.2 Å². The van der Waals surface area contributed by atoms with Crippen LogP contribution < -0.4 is 0 Å². The van der Waals surface area contributed by atoms with Crippen molar-refractivity contribution >= 4 is 16.0 Å². The Balaban J connectivity index is 1.75. The second-order valence-electron chi connectivity index (χ2n) is 6.33. The van der Waals surface area contributed by atoms with E-state index in [0.29, 0.717) is 25.3 Å². The second-order valence-corrected chi connectivity index (χ2v) is 8.22. The number of carbonyl (C=O) groups is 1. The van der Waals surface area contributed by atoms with E-state index in [1.165, 1.54) is 24.3 Å². The monoisotopic (exact) mass is 377 g/mol. The molecule has 0 unspecified atom stereocenters. The van der Waals surface area contributed by atoms with Crippen molar-refractivity contribution < 1.29 is 17.9 Å². The van der Waals surface area contributed by atoms with Gasteiger partial charge < -0.3 is 9.30 Å². The molecule has 1 fully saturated rings. The van der Waals surface area contributed by atoms with Crippen molar-refractivity contribution in [2.45, 2.75) is 43.7 Å². The number of ether oxygens (including phenoxy) is 1. The van der Waals surface area contributed by atoms with Gasteiger partial charge in [-0.1, -0.05) is 6.92 Å². The predicted molar refractivity (Wildman–Crippen MR) is 96.2 cm³/mol. The van der Waals surface area contributed by atoms with Gasteiger partial charge >= 0.3 is 5.97 Å². The maximum absolute atomic E-state index is 13.0. The van der Waals surface area contributed by atoms with Crippen LogP contribution in [0, 0.1) is 0 Å². The van der Waals surface area contributed by atoms with Crippen LogP contribution in [0.5, 0.6) is 0 Å². The first-order chi connectivity index (χ1) is 12.5. The second kappa shape index (κ2) is 8.01. The van der Waals surface area contributed by atoms with Gasteiger partial charge in [-0.15, -0.1) is 0 Å². The normalized spacial score (nSPS) is 18.1. The van der Waals surface area contributed by atoms with Gasteiger partial charge in [0.15, 0.2) is 0 Å². The molecule has 0 bridgehead atoms. The minimum atomic E-state index is -3.60. The number of esters is 1. The van der Waals surface area contributed by atoms with Crippen LogP contribution in [-0.2, 0) is 21.3 Å². The number of nitrogens with zero attached hydrogens (tertiary/aromatic N) is 3. The van der Waals surface area contributed by atoms with Crippen LogP contribution in [0.1, 0.15) is 36.5 Å². The van der Waals surface area contributed by atoms with Crippen molar-refractivity contribution in [2.75, 3.05) is 13.2 Å². The van der Waals surface area contributed by atoms with Crippen molar-refractivity contribution in [1.82, 2.24) is 13.9 Å². The van der Waals surface area contributed by atoms with E-state index in [-0.39, 0.29) is 10.9 Å². The summed E-state index contributed by atoms with van der Waals surface area (Å²) in [7, 11) is -3.60. The average molecular weight is 377 g/mol. The fraction of sp³-hybridized carbons (Fsp3) is 0.444. The van der Waals surface area contributed by atoms with Gasteiger partial charge in [0, 0.05) is 31.5 Å². The Bertz CT molecular complexity index is 832. The molecule has 0 aliphatic carbocycles. The van der Waals surface area contributed by atoms with Crippen LogP contribution in [0.15, 0.2) is 47.9 Å². The molecule has 1 aliphatic heterocycles. The standard InChI is InChI=1S/C18H23N3O4S/c1-2-12-25-18(22)15-5-7-17(8-6-15)26(23,24)21-10-3-4-16(21)13-20-11-9-19-14-20/h5-9,11,14,16H,2-4,10,12-13H2,1H3/t16-/m0/s1. The highest BCUT2D eigenvalue weighted by molar-refractivity contribution is 7.89. The predicted octanol–water partition coefficient (Wildman–Crippen LogP) is 2.30. The van der Waals surface area contributed by atoms with Crippen LogP contribution in [-0.4, -0.2) is 47.4 Å². The largest absolute Gasteiger partial charge is 0.462 e. The SMILES string of the molecule is CCCOC(=O)c1ccc(S(=O)(=O)N2CCC[C@H]2Cn2ccnc2)cc1. The van der Waals surface area contributed by atoms with Gasteiger partial charge in [-0.3, -0.25) is 0 Å². The lowest BCUT2D eigenvalue weighted by molar-refractivity contribution is 0.0505. The Hall–Kier alpha value is -2.19. The molecule has 26 heavy (non-hydrogen) atoms. The molecule has 0 radical (unpaired) electrons. The summed E-state index contributed by atoms with van der Waals surface area (Å²) in [4.78, 5) is 16.1. The topological polar surface area (TPSA) is 81.5 Å². The van der Waals surface area contributed by atoms with Gasteiger partial charge in [0.05, 0.1) is 23.4 Å². The highest BCUT2D eigenvalue weighted by Crippen LogP contribution is 2.27. The number of hydrogen-bond acceptors (Lipinski definition) is 5. The molecule has 3 rings (SSSR count). The maximum atomic E-state index is 13.0. The quantitative estimate of drug-likeness (QED) is 0.692. The number of hydrogen-bond donors (Lipinski definition) is 0. The summed E-state index contributed by atoms with van der Waals surface area (Å²) in [5.41, 5.74) is 0.355. The van der Waals surface area contributed by atoms with Gasteiger partial charge in [-0.25, -0.2) is 18.2 Å². The van der Waals surface area contributed by atoms with Gasteiger partial charge in [0.2, 0.25) is 10.0 Å². The fourth-order valence-electron chi connectivity index (χ4n) is 3.12. The molecule has 0 N–H and O–H groups in total. The van der Waals surface area contributed by atoms with Gasteiger partial charge in [0.1, 0.15) is 0 Å². The van der Waals surface area contributed by atoms with E-state index < -0.39 is 16.0 Å². The van der Waals surface area contributed by atoms with Crippen molar-refractivity contribution in [1.29, 1.82) is 0 Å². The maximum Gasteiger partial charge on any atom is 0.338 e. The van der Waals surface area contributed by atoms with Crippen LogP contribution in [0.3, 0.4) is 0 Å². The summed E-state index contributed by atoms with van der Waals surface area (Å²) >= 11 is 0. The van der Waals surface area contributed by atoms with Crippen LogP contribution in [0.4, 0.5) is 0 Å². The average Bonchev–Trinajstić information content (AvgIpc) is 3.32. The number of aromatic nitrogens is 2. The minimum Gasteiger partial charge on any atom is -0.462 e. The number of imidazole rings is 1. The van der Waals surface area contributed by atoms with Crippen LogP contribution in [0.25, 0.3) is 0 Å². The number of rotatable bonds is 7. The molecule has 0 saturated carbocycles. The highest BCUT2D eigenvalue weighted by Gasteiger charge is 2.35. The summed E-state index contributed by atoms with van der Waals surface area (Å²) in [6.07, 6.45) is 7.61. The van der Waals surface area contributed by atoms with Crippen LogP contribution >= 0.6 is 0 Å². The van der Waals surface area contributed by atoms with Crippen LogP contribution in [0.2, 0.25) is 0 Å². The number of benzene rings is 1. The first kappa shape index (κ1) is 18.6. The molecule has 1 atom stereocenters. The lowest BCUT2D eigenvalue weighted by Gasteiger charge is -2.24. The van der Waals surface area contributed by atoms with E-state index in [1.807, 2.05) is 17.7 Å². The first-order valence-electron chi connectivity index (χ1n) is 8.77. The van der Waals surface area contributed by atoms with Gasteiger partial charge in [-0.2, -0.15) is 4.31 Å². The lowest BCUT2D eigenvalue weighted by Crippen LogP contribution is -2.37. The van der Waals surface area contributed by atoms with Gasteiger partial charge in [-0.05, 0) is 43.5 Å². The Morgan fingerprint density at radius 2 is 2.08 bits per heavy atom. The zero-order valence-electron chi connectivity index (χ0n) is 14.7. The summed E-state index contributed by atoms with van der Waals surface area (Å²) in [6.45, 7) is 3.35. The van der Waals surface area contributed by atoms with Crippen molar-refractivity contribution in [3.05, 3.63) is 48.5 Å². The molecule has 0 amide bonds. The molecule has 1 aromatic heterocycles. The molecule has 1 saturated heterocycles. The van der Waals surface area contributed by atoms with Crippen molar-refractivity contribution in [2.24, 2.45) is 0 Å². The zero-order valence-corrected chi connectivity index (χ0v) is 15.6. The van der Waals surface area contributed by atoms with Crippen molar-refractivity contribution in [3.63, 3.8) is 0 Å². The third-order valence-corrected chi connectivity index (χ3v) is 6.40. The van der Waals surface area contributed by atoms with E-state index in [4.69, 9.17) is 4.74 Å². The highest BCUT2D eigenvalue weighted by atomic mass is 32.2. The molecule has 7 nitrogen and oxygen atoms in total. The van der Waals surface area contributed by atoms with Crippen molar-refractivity contribution in [3.8, 4) is 0 Å². The molecule has 2 heterocycles. The smallest absolute Gasteiger partial charge is 0.338 e. The molecular formula is C18H23N3O4S. The zero-order chi connectivity index (χ0) is 18.6. The molecule has 1 aromatic carbocycles. The summed E-state index contributed by atoms with van der Waals surface area (Å²) < 4.78 is 34.5. The van der Waals surface area contributed by atoms with E-state index in [0.717, 1.165) is 19.3 Å². The number of carbonyl (C=O) groups excluding carboxylic acids is 1. The third kappa shape index (κ3) is 3.96. The molecule has 0 spiro atoms. The molecular weight excluding hydrogens is 354 g/mol.